The van der Waals surface area contributed by atoms with Crippen molar-refractivity contribution >= 4 is 44.1 Å². The second kappa shape index (κ2) is 6.13. The Labute approximate surface area is 143 Å². The van der Waals surface area contributed by atoms with Crippen LogP contribution in [0.3, 0.4) is 0 Å². The lowest BCUT2D eigenvalue weighted by Crippen LogP contribution is -2.12. The van der Waals surface area contributed by atoms with Crippen LogP contribution in [-0.4, -0.2) is 23.9 Å². The predicted octanol–water partition coefficient (Wildman–Crippen LogP) is 3.08. The first-order valence-electron chi connectivity index (χ1n) is 6.80. The van der Waals surface area contributed by atoms with E-state index in [1.807, 2.05) is 0 Å². The molecule has 0 radical (unpaired) electrons. The molecule has 3 rings (SSSR count). The molecule has 2 aromatic heterocycles. The van der Waals surface area contributed by atoms with Crippen molar-refractivity contribution in [3.63, 3.8) is 0 Å². The Morgan fingerprint density at radius 3 is 2.74 bits per heavy atom. The summed E-state index contributed by atoms with van der Waals surface area (Å²) in [6, 6.07) is 6.17. The Hall–Kier alpha value is -1.60. The van der Waals surface area contributed by atoms with Gasteiger partial charge in [0.25, 0.3) is 10.0 Å². The first-order valence-corrected chi connectivity index (χ1v) is 9.00. The van der Waals surface area contributed by atoms with Gasteiger partial charge in [0.05, 0.1) is 15.6 Å². The van der Waals surface area contributed by atoms with E-state index in [0.29, 0.717) is 18.5 Å². The number of aromatic nitrogens is 2. The van der Waals surface area contributed by atoms with E-state index in [4.69, 9.17) is 28.9 Å². The SMILES string of the molecule is NCCc1cn(S(=O)(=O)c2cccc(Cl)c2Cl)c2ccncc12. The molecule has 2 heterocycles. The van der Waals surface area contributed by atoms with Crippen molar-refractivity contribution in [2.24, 2.45) is 5.73 Å². The van der Waals surface area contributed by atoms with Gasteiger partial charge in [-0.2, -0.15) is 0 Å². The lowest BCUT2D eigenvalue weighted by Gasteiger charge is -2.09. The Kier molecular flexibility index (Phi) is 4.33. The fraction of sp³-hybridized carbons (Fsp3) is 0.133. The highest BCUT2D eigenvalue weighted by Gasteiger charge is 2.24. The summed E-state index contributed by atoms with van der Waals surface area (Å²) in [5, 5.41) is 0.943. The van der Waals surface area contributed by atoms with Gasteiger partial charge in [-0.1, -0.05) is 29.3 Å². The van der Waals surface area contributed by atoms with E-state index in [9.17, 15) is 8.42 Å². The van der Waals surface area contributed by atoms with Crippen LogP contribution < -0.4 is 5.73 Å². The highest BCUT2D eigenvalue weighted by molar-refractivity contribution is 7.90. The summed E-state index contributed by atoms with van der Waals surface area (Å²) >= 11 is 12.0. The summed E-state index contributed by atoms with van der Waals surface area (Å²) in [4.78, 5) is 4.02. The monoisotopic (exact) mass is 369 g/mol. The molecule has 0 amide bonds. The number of benzene rings is 1. The van der Waals surface area contributed by atoms with Crippen LogP contribution in [0.15, 0.2) is 47.8 Å². The van der Waals surface area contributed by atoms with Gasteiger partial charge in [0.1, 0.15) is 4.90 Å². The molecule has 2 N–H and O–H groups in total. The maximum absolute atomic E-state index is 13.0. The number of rotatable bonds is 4. The average Bonchev–Trinajstić information content (AvgIpc) is 2.90. The smallest absolute Gasteiger partial charge is 0.269 e. The summed E-state index contributed by atoms with van der Waals surface area (Å²) in [5.74, 6) is 0. The van der Waals surface area contributed by atoms with Crippen LogP contribution in [-0.2, 0) is 16.4 Å². The minimum atomic E-state index is -3.88. The molecular weight excluding hydrogens is 357 g/mol. The first kappa shape index (κ1) is 16.3. The largest absolute Gasteiger partial charge is 0.330 e. The van der Waals surface area contributed by atoms with Gasteiger partial charge < -0.3 is 5.73 Å². The molecule has 1 aromatic carbocycles. The molecule has 0 aliphatic heterocycles. The maximum atomic E-state index is 13.0. The summed E-state index contributed by atoms with van der Waals surface area (Å²) in [6.07, 6.45) is 5.28. The highest BCUT2D eigenvalue weighted by Crippen LogP contribution is 2.32. The molecule has 0 saturated heterocycles. The van der Waals surface area contributed by atoms with Gasteiger partial charge in [0, 0.05) is 24.0 Å². The van der Waals surface area contributed by atoms with Crippen LogP contribution in [0.2, 0.25) is 10.0 Å². The van der Waals surface area contributed by atoms with E-state index in [1.54, 1.807) is 36.8 Å². The number of hydrogen-bond acceptors (Lipinski definition) is 4. The second-order valence-corrected chi connectivity index (χ2v) is 7.51. The third-order valence-electron chi connectivity index (χ3n) is 3.52. The fourth-order valence-electron chi connectivity index (χ4n) is 2.45. The van der Waals surface area contributed by atoms with Crippen molar-refractivity contribution in [2.45, 2.75) is 11.3 Å². The molecule has 8 heteroatoms. The number of hydrogen-bond donors (Lipinski definition) is 1. The van der Waals surface area contributed by atoms with Crippen LogP contribution in [0.5, 0.6) is 0 Å². The molecule has 0 atom stereocenters. The van der Waals surface area contributed by atoms with Crippen molar-refractivity contribution < 1.29 is 8.42 Å². The van der Waals surface area contributed by atoms with Crippen molar-refractivity contribution in [2.75, 3.05) is 6.54 Å². The van der Waals surface area contributed by atoms with Crippen LogP contribution in [0.25, 0.3) is 10.9 Å². The molecule has 5 nitrogen and oxygen atoms in total. The molecule has 0 aliphatic rings. The van der Waals surface area contributed by atoms with Crippen molar-refractivity contribution in [1.29, 1.82) is 0 Å². The molecule has 0 aliphatic carbocycles. The van der Waals surface area contributed by atoms with Crippen LogP contribution in [0, 0.1) is 0 Å². The van der Waals surface area contributed by atoms with Gasteiger partial charge in [-0.05, 0) is 36.7 Å². The van der Waals surface area contributed by atoms with E-state index in [2.05, 4.69) is 4.98 Å². The van der Waals surface area contributed by atoms with E-state index in [0.717, 1.165) is 10.9 Å². The third-order valence-corrected chi connectivity index (χ3v) is 6.17. The van der Waals surface area contributed by atoms with Gasteiger partial charge in [-0.25, -0.2) is 12.4 Å². The number of nitrogens with zero attached hydrogens (tertiary/aromatic N) is 2. The highest BCUT2D eigenvalue weighted by atomic mass is 35.5. The molecule has 3 aromatic rings. The number of fused-ring (bicyclic) bond motifs is 1. The van der Waals surface area contributed by atoms with Gasteiger partial charge >= 0.3 is 0 Å². The van der Waals surface area contributed by atoms with Gasteiger partial charge in [-0.15, -0.1) is 0 Å². The Balaban J connectivity index is 2.29. The molecule has 0 saturated carbocycles. The third kappa shape index (κ3) is 2.72. The predicted molar refractivity (Wildman–Crippen MR) is 91.5 cm³/mol. The topological polar surface area (TPSA) is 78.0 Å². The van der Waals surface area contributed by atoms with E-state index < -0.39 is 10.0 Å². The number of nitrogens with two attached hydrogens (primary N) is 1. The average molecular weight is 370 g/mol. The zero-order valence-electron chi connectivity index (χ0n) is 11.9. The van der Waals surface area contributed by atoms with Crippen LogP contribution in [0.4, 0.5) is 0 Å². The summed E-state index contributed by atoms with van der Waals surface area (Å²) in [6.45, 7) is 0.409. The molecule has 0 bridgehead atoms. The standard InChI is InChI=1S/C15H13Cl2N3O2S/c16-12-2-1-3-14(15(12)17)23(21,22)20-9-10(4-6-18)11-8-19-7-5-13(11)20/h1-3,5,7-9H,4,6,18H2. The van der Waals surface area contributed by atoms with Gasteiger partial charge in [-0.3, -0.25) is 4.98 Å². The Bertz CT molecular complexity index is 984. The van der Waals surface area contributed by atoms with E-state index in [-0.39, 0.29) is 14.9 Å². The zero-order valence-corrected chi connectivity index (χ0v) is 14.2. The molecule has 0 unspecified atom stereocenters. The quantitative estimate of drug-likeness (QED) is 0.766. The van der Waals surface area contributed by atoms with Crippen molar-refractivity contribution in [3.8, 4) is 0 Å². The normalized spacial score (nSPS) is 12.0. The number of halogens is 2. The second-order valence-electron chi connectivity index (χ2n) is 4.94. The van der Waals surface area contributed by atoms with Gasteiger partial charge in [0.2, 0.25) is 0 Å². The van der Waals surface area contributed by atoms with Crippen molar-refractivity contribution in [1.82, 2.24) is 8.96 Å². The van der Waals surface area contributed by atoms with Gasteiger partial charge in [0.15, 0.2) is 0 Å². The minimum absolute atomic E-state index is 0.00504. The van der Waals surface area contributed by atoms with E-state index >= 15 is 0 Å². The van der Waals surface area contributed by atoms with Crippen LogP contribution >= 0.6 is 23.2 Å². The Morgan fingerprint density at radius 1 is 1.22 bits per heavy atom. The molecule has 0 spiro atoms. The number of pyridine rings is 1. The summed E-state index contributed by atoms with van der Waals surface area (Å²) in [7, 11) is -3.88. The van der Waals surface area contributed by atoms with Crippen molar-refractivity contribution in [3.05, 3.63) is 58.5 Å². The fourth-order valence-corrected chi connectivity index (χ4v) is 4.58. The molecule has 23 heavy (non-hydrogen) atoms. The zero-order chi connectivity index (χ0) is 16.6. The Morgan fingerprint density at radius 2 is 2.00 bits per heavy atom. The van der Waals surface area contributed by atoms with Crippen LogP contribution in [0.1, 0.15) is 5.56 Å². The first-order chi connectivity index (χ1) is 11.0. The lowest BCUT2D eigenvalue weighted by molar-refractivity contribution is 0.589. The molecule has 120 valence electrons. The summed E-state index contributed by atoms with van der Waals surface area (Å²) < 4.78 is 27.2. The molecule has 0 fully saturated rings. The minimum Gasteiger partial charge on any atom is -0.330 e. The maximum Gasteiger partial charge on any atom is 0.269 e. The lowest BCUT2D eigenvalue weighted by atomic mass is 10.2. The molecular formula is C15H13Cl2N3O2S. The van der Waals surface area contributed by atoms with E-state index in [1.165, 1.54) is 10.0 Å². The summed E-state index contributed by atoms with van der Waals surface area (Å²) in [5.41, 5.74) is 6.95.